The number of nitrogens with zero attached hydrogens (tertiary/aromatic N) is 2. The van der Waals surface area contributed by atoms with Crippen LogP contribution in [0.4, 0.5) is 4.39 Å². The van der Waals surface area contributed by atoms with Gasteiger partial charge in [-0.25, -0.2) is 9.37 Å². The molecule has 8 heteroatoms. The number of fused-ring (bicyclic) bond motifs is 1. The number of benzene rings is 2. The van der Waals surface area contributed by atoms with Crippen molar-refractivity contribution < 1.29 is 18.7 Å². The molecule has 2 heterocycles. The van der Waals surface area contributed by atoms with Crippen molar-refractivity contribution in [2.24, 2.45) is 0 Å². The van der Waals surface area contributed by atoms with E-state index in [0.717, 1.165) is 0 Å². The molecule has 0 bridgehead atoms. The molecule has 0 radical (unpaired) electrons. The summed E-state index contributed by atoms with van der Waals surface area (Å²) in [5, 5.41) is 2.08. The summed E-state index contributed by atoms with van der Waals surface area (Å²) in [5.74, 6) is -1.40. The first-order chi connectivity index (χ1) is 15.0. The van der Waals surface area contributed by atoms with E-state index in [4.69, 9.17) is 4.74 Å². The van der Waals surface area contributed by atoms with Gasteiger partial charge in [0.15, 0.2) is 5.78 Å². The molecule has 2 aromatic carbocycles. The lowest BCUT2D eigenvalue weighted by molar-refractivity contribution is -0.141. The van der Waals surface area contributed by atoms with Gasteiger partial charge in [-0.1, -0.05) is 42.5 Å². The molecule has 31 heavy (non-hydrogen) atoms. The number of Topliss-reactive ketones (excluding diaryl/α,β-unsaturated/α-hetero) is 1. The summed E-state index contributed by atoms with van der Waals surface area (Å²) in [4.78, 5) is 43.5. The lowest BCUT2D eigenvalue weighted by Crippen LogP contribution is -2.32. The number of ether oxygens (including phenoxy) is 1. The van der Waals surface area contributed by atoms with Crippen LogP contribution in [0.2, 0.25) is 0 Å². The third-order valence-corrected chi connectivity index (χ3v) is 5.85. The topological polar surface area (TPSA) is 78.3 Å². The van der Waals surface area contributed by atoms with Crippen molar-refractivity contribution in [1.82, 2.24) is 9.55 Å². The van der Waals surface area contributed by atoms with Crippen LogP contribution in [0.3, 0.4) is 0 Å². The highest BCUT2D eigenvalue weighted by molar-refractivity contribution is 7.17. The molecular formula is C23H17FN2O4S. The minimum absolute atomic E-state index is 0.312. The second-order valence-corrected chi connectivity index (χ2v) is 7.68. The molecule has 2 aromatic heterocycles. The molecule has 6 nitrogen and oxygen atoms in total. The number of rotatable bonds is 6. The van der Waals surface area contributed by atoms with E-state index in [1.807, 2.05) is 0 Å². The number of hydrogen-bond donors (Lipinski definition) is 0. The second-order valence-electron chi connectivity index (χ2n) is 6.82. The Hall–Kier alpha value is -3.65. The number of thiophene rings is 1. The van der Waals surface area contributed by atoms with Crippen LogP contribution in [0.5, 0.6) is 0 Å². The first kappa shape index (κ1) is 20.6. The standard InChI is InChI=1S/C23H17FN2O4S/c1-30-19(27)11-18(21(28)15-5-3-2-4-6-15)26-13-25-22-20(23(26)29)17(12-31-22)14-7-9-16(24)10-8-14/h2-10,12-13,18H,11H2,1H3. The van der Waals surface area contributed by atoms with Crippen molar-refractivity contribution in [2.75, 3.05) is 7.11 Å². The second kappa shape index (κ2) is 8.61. The van der Waals surface area contributed by atoms with Crippen LogP contribution in [0, 0.1) is 5.82 Å². The number of halogens is 1. The Balaban J connectivity index is 1.87. The predicted octanol–water partition coefficient (Wildman–Crippen LogP) is 4.25. The van der Waals surface area contributed by atoms with Crippen LogP contribution in [-0.4, -0.2) is 28.4 Å². The third-order valence-electron chi connectivity index (χ3n) is 4.96. The Morgan fingerprint density at radius 2 is 1.84 bits per heavy atom. The molecule has 1 atom stereocenters. The van der Waals surface area contributed by atoms with Crippen LogP contribution in [-0.2, 0) is 9.53 Å². The first-order valence-electron chi connectivity index (χ1n) is 9.40. The van der Waals surface area contributed by atoms with Crippen molar-refractivity contribution in [1.29, 1.82) is 0 Å². The third kappa shape index (κ3) is 4.02. The van der Waals surface area contributed by atoms with Gasteiger partial charge in [0, 0.05) is 16.5 Å². The van der Waals surface area contributed by atoms with Crippen molar-refractivity contribution in [2.45, 2.75) is 12.5 Å². The number of methoxy groups -OCH3 is 1. The lowest BCUT2D eigenvalue weighted by Gasteiger charge is -2.18. The van der Waals surface area contributed by atoms with Gasteiger partial charge >= 0.3 is 5.97 Å². The molecule has 0 saturated heterocycles. The Kier molecular flexibility index (Phi) is 5.73. The molecule has 4 rings (SSSR count). The fourth-order valence-corrected chi connectivity index (χ4v) is 4.27. The predicted molar refractivity (Wildman–Crippen MR) is 116 cm³/mol. The number of aromatic nitrogens is 2. The highest BCUT2D eigenvalue weighted by atomic mass is 32.1. The summed E-state index contributed by atoms with van der Waals surface area (Å²) in [5.41, 5.74) is 1.16. The van der Waals surface area contributed by atoms with Crippen LogP contribution in [0.15, 0.2) is 71.1 Å². The van der Waals surface area contributed by atoms with Gasteiger partial charge in [0.1, 0.15) is 16.7 Å². The lowest BCUT2D eigenvalue weighted by atomic mass is 10.0. The summed E-state index contributed by atoms with van der Waals surface area (Å²) in [6.45, 7) is 0. The van der Waals surface area contributed by atoms with Crippen molar-refractivity contribution >= 4 is 33.3 Å². The summed E-state index contributed by atoms with van der Waals surface area (Å²) >= 11 is 1.28. The molecule has 0 aliphatic carbocycles. The molecule has 4 aromatic rings. The quantitative estimate of drug-likeness (QED) is 0.334. The number of esters is 1. The maximum Gasteiger partial charge on any atom is 0.308 e. The normalized spacial score (nSPS) is 11.9. The van der Waals surface area contributed by atoms with E-state index >= 15 is 0 Å². The van der Waals surface area contributed by atoms with Crippen molar-refractivity contribution in [3.63, 3.8) is 0 Å². The number of carbonyl (C=O) groups excluding carboxylic acids is 2. The van der Waals surface area contributed by atoms with Crippen molar-refractivity contribution in [3.8, 4) is 11.1 Å². The van der Waals surface area contributed by atoms with E-state index in [0.29, 0.717) is 26.9 Å². The molecule has 0 aliphatic heterocycles. The summed E-state index contributed by atoms with van der Waals surface area (Å²) < 4.78 is 19.3. The fourth-order valence-electron chi connectivity index (χ4n) is 3.36. The van der Waals surface area contributed by atoms with E-state index in [-0.39, 0.29) is 12.2 Å². The van der Waals surface area contributed by atoms with Crippen molar-refractivity contribution in [3.05, 3.63) is 88.0 Å². The van der Waals surface area contributed by atoms with Gasteiger partial charge in [-0.2, -0.15) is 0 Å². The summed E-state index contributed by atoms with van der Waals surface area (Å²) in [7, 11) is 1.22. The average molecular weight is 436 g/mol. The van der Waals surface area contributed by atoms with Crippen LogP contribution >= 0.6 is 11.3 Å². The Morgan fingerprint density at radius 3 is 2.52 bits per heavy atom. The van der Waals surface area contributed by atoms with E-state index in [2.05, 4.69) is 4.98 Å². The van der Waals surface area contributed by atoms with E-state index in [1.165, 1.54) is 41.5 Å². The first-order valence-corrected chi connectivity index (χ1v) is 10.3. The molecular weight excluding hydrogens is 419 g/mol. The van der Waals surface area contributed by atoms with Gasteiger partial charge in [0.25, 0.3) is 5.56 Å². The molecule has 156 valence electrons. The van der Waals surface area contributed by atoms with E-state index < -0.39 is 23.4 Å². The van der Waals surface area contributed by atoms with Crippen LogP contribution in [0.1, 0.15) is 22.8 Å². The minimum Gasteiger partial charge on any atom is -0.469 e. The zero-order valence-corrected chi connectivity index (χ0v) is 17.3. The fraction of sp³-hybridized carbons (Fsp3) is 0.130. The van der Waals surface area contributed by atoms with Crippen LogP contribution < -0.4 is 5.56 Å². The summed E-state index contributed by atoms with van der Waals surface area (Å²) in [6, 6.07) is 13.1. The van der Waals surface area contributed by atoms with Gasteiger partial charge in [0.05, 0.1) is 25.2 Å². The number of hydrogen-bond acceptors (Lipinski definition) is 6. The number of ketones is 1. The molecule has 1 unspecified atom stereocenters. The SMILES string of the molecule is COC(=O)CC(C(=O)c1ccccc1)n1cnc2scc(-c3ccc(F)cc3)c2c1=O. The Bertz CT molecular complexity index is 1310. The molecule has 0 spiro atoms. The van der Waals surface area contributed by atoms with Gasteiger partial charge in [-0.3, -0.25) is 19.0 Å². The molecule has 0 saturated carbocycles. The molecule has 0 fully saturated rings. The highest BCUT2D eigenvalue weighted by Gasteiger charge is 2.28. The summed E-state index contributed by atoms with van der Waals surface area (Å²) in [6.07, 6.45) is 0.970. The maximum atomic E-state index is 13.4. The largest absolute Gasteiger partial charge is 0.469 e. The van der Waals surface area contributed by atoms with Gasteiger partial charge in [-0.15, -0.1) is 11.3 Å². The highest BCUT2D eigenvalue weighted by Crippen LogP contribution is 2.31. The smallest absolute Gasteiger partial charge is 0.308 e. The van der Waals surface area contributed by atoms with Crippen LogP contribution in [0.25, 0.3) is 21.3 Å². The van der Waals surface area contributed by atoms with Gasteiger partial charge in [-0.05, 0) is 17.7 Å². The maximum absolute atomic E-state index is 13.4. The minimum atomic E-state index is -1.11. The number of carbonyl (C=O) groups is 2. The Morgan fingerprint density at radius 1 is 1.13 bits per heavy atom. The van der Waals surface area contributed by atoms with Gasteiger partial charge in [0.2, 0.25) is 0 Å². The monoisotopic (exact) mass is 436 g/mol. The molecule has 0 amide bonds. The van der Waals surface area contributed by atoms with E-state index in [1.54, 1.807) is 47.8 Å². The zero-order chi connectivity index (χ0) is 22.0. The molecule has 0 N–H and O–H groups in total. The van der Waals surface area contributed by atoms with E-state index in [9.17, 15) is 18.8 Å². The van der Waals surface area contributed by atoms with Gasteiger partial charge < -0.3 is 4.74 Å². The Labute approximate surface area is 180 Å². The zero-order valence-electron chi connectivity index (χ0n) is 16.4. The molecule has 0 aliphatic rings. The average Bonchev–Trinajstić information content (AvgIpc) is 3.23.